The fourth-order valence-corrected chi connectivity index (χ4v) is 7.82. The Morgan fingerprint density at radius 3 is 2.55 bits per heavy atom. The van der Waals surface area contributed by atoms with E-state index in [1.807, 2.05) is 12.1 Å². The summed E-state index contributed by atoms with van der Waals surface area (Å²) >= 11 is 0. The monoisotopic (exact) mass is 319 g/mol. The number of nitrogens with one attached hydrogen (secondary N) is 1. The van der Waals surface area contributed by atoms with Crippen LogP contribution in [0.1, 0.15) is 18.4 Å². The molecule has 1 N–H and O–H groups in total. The van der Waals surface area contributed by atoms with Gasteiger partial charge in [-0.3, -0.25) is 0 Å². The lowest BCUT2D eigenvalue weighted by atomic mass is 9.59. The van der Waals surface area contributed by atoms with Gasteiger partial charge in [0, 0.05) is 6.04 Å². The Labute approximate surface area is 137 Å². The topological polar surface area (TPSA) is 12.0 Å². The highest BCUT2D eigenvalue weighted by Crippen LogP contribution is 2.82. The fourth-order valence-electron chi connectivity index (χ4n) is 7.82. The molecular formula is C19H23ClFN. The second kappa shape index (κ2) is 4.48. The highest BCUT2D eigenvalue weighted by Gasteiger charge is 2.80. The van der Waals surface area contributed by atoms with E-state index in [2.05, 4.69) is 5.32 Å². The van der Waals surface area contributed by atoms with Crippen LogP contribution in [-0.2, 0) is 6.42 Å². The third-order valence-corrected chi connectivity index (χ3v) is 8.01. The number of halogens is 2. The first-order valence-electron chi connectivity index (χ1n) is 8.81. The summed E-state index contributed by atoms with van der Waals surface area (Å²) in [5.41, 5.74) is 1.13. The predicted octanol–water partition coefficient (Wildman–Crippen LogP) is 3.53. The summed E-state index contributed by atoms with van der Waals surface area (Å²) in [5.74, 6) is 8.54. The van der Waals surface area contributed by atoms with Crippen molar-refractivity contribution in [2.24, 2.45) is 47.3 Å². The van der Waals surface area contributed by atoms with Gasteiger partial charge in [-0.2, -0.15) is 0 Å². The molecule has 0 aliphatic heterocycles. The molecule has 0 aromatic heterocycles. The molecule has 5 fully saturated rings. The van der Waals surface area contributed by atoms with E-state index in [1.54, 1.807) is 18.9 Å². The molecule has 0 amide bonds. The van der Waals surface area contributed by atoms with Gasteiger partial charge in [0.05, 0.1) is 0 Å². The maximum absolute atomic E-state index is 13.2. The Morgan fingerprint density at radius 1 is 0.955 bits per heavy atom. The van der Waals surface area contributed by atoms with E-state index in [0.717, 1.165) is 71.9 Å². The van der Waals surface area contributed by atoms with Crippen molar-refractivity contribution in [1.29, 1.82) is 0 Å². The third kappa shape index (κ3) is 1.45. The second-order valence-electron chi connectivity index (χ2n) is 8.30. The zero-order valence-corrected chi connectivity index (χ0v) is 13.4. The highest BCUT2D eigenvalue weighted by atomic mass is 35.5. The molecule has 0 spiro atoms. The van der Waals surface area contributed by atoms with Gasteiger partial charge in [0.1, 0.15) is 5.82 Å². The van der Waals surface area contributed by atoms with E-state index in [9.17, 15) is 4.39 Å². The van der Waals surface area contributed by atoms with Crippen molar-refractivity contribution in [3.63, 3.8) is 0 Å². The SMILES string of the molecule is Cl.Fc1cccc(CCN[C@H]2[C@@H]3[C@H]4C[C@H]5[C@@H]3C[C@@H]3[C@@H]5[C@H]4[C@H]32)c1. The van der Waals surface area contributed by atoms with E-state index < -0.39 is 0 Å². The Bertz CT molecular complexity index is 613. The van der Waals surface area contributed by atoms with E-state index in [0.29, 0.717) is 0 Å². The fraction of sp³-hybridized carbons (Fsp3) is 0.684. The van der Waals surface area contributed by atoms with Gasteiger partial charge >= 0.3 is 0 Å². The third-order valence-electron chi connectivity index (χ3n) is 8.01. The summed E-state index contributed by atoms with van der Waals surface area (Å²) < 4.78 is 13.2. The first-order valence-corrected chi connectivity index (χ1v) is 8.81. The lowest BCUT2D eigenvalue weighted by Crippen LogP contribution is -2.51. The second-order valence-corrected chi connectivity index (χ2v) is 8.30. The molecule has 0 heterocycles. The molecule has 6 rings (SSSR count). The van der Waals surface area contributed by atoms with Crippen LogP contribution in [0.25, 0.3) is 0 Å². The van der Waals surface area contributed by atoms with Crippen molar-refractivity contribution in [3.05, 3.63) is 35.6 Å². The lowest BCUT2D eigenvalue weighted by Gasteiger charge is -2.48. The molecule has 3 heteroatoms. The van der Waals surface area contributed by atoms with Gasteiger partial charge in [0.2, 0.25) is 0 Å². The Kier molecular flexibility index (Phi) is 2.81. The van der Waals surface area contributed by atoms with Gasteiger partial charge in [0.15, 0.2) is 0 Å². The van der Waals surface area contributed by atoms with Crippen molar-refractivity contribution < 1.29 is 4.39 Å². The van der Waals surface area contributed by atoms with Crippen molar-refractivity contribution in [2.75, 3.05) is 6.54 Å². The molecule has 1 aromatic rings. The molecule has 0 radical (unpaired) electrons. The number of hydrogen-bond donors (Lipinski definition) is 1. The lowest BCUT2D eigenvalue weighted by molar-refractivity contribution is 0.00989. The van der Waals surface area contributed by atoms with Crippen LogP contribution in [0.2, 0.25) is 0 Å². The zero-order valence-electron chi connectivity index (χ0n) is 12.6. The molecule has 0 saturated heterocycles. The molecule has 2 bridgehead atoms. The Hall–Kier alpha value is -0.600. The van der Waals surface area contributed by atoms with Crippen molar-refractivity contribution in [2.45, 2.75) is 25.3 Å². The average Bonchev–Trinajstić information content (AvgIpc) is 2.98. The van der Waals surface area contributed by atoms with Crippen LogP contribution in [0.4, 0.5) is 4.39 Å². The molecule has 5 aliphatic carbocycles. The standard InChI is InChI=1S/C19H22FN.ClH/c20-10-3-1-2-9(6-10)4-5-21-19-16-12-8-13-15-11(12)7-14(16)17(15)18(13)19;/h1-3,6,11-19,21H,4-5,7-8H2;1H/t11-,12-,13+,14+,15+,16-,17-,18-,19-;/m0./s1. The molecule has 118 valence electrons. The maximum atomic E-state index is 13.2. The van der Waals surface area contributed by atoms with E-state index in [4.69, 9.17) is 0 Å². The molecule has 9 atom stereocenters. The number of hydrogen-bond acceptors (Lipinski definition) is 1. The van der Waals surface area contributed by atoms with Crippen LogP contribution in [0.5, 0.6) is 0 Å². The summed E-state index contributed by atoms with van der Waals surface area (Å²) in [7, 11) is 0. The number of fused-ring (bicyclic) bond motifs is 2. The normalized spacial score (nSPS) is 51.2. The first-order chi connectivity index (χ1) is 10.3. The van der Waals surface area contributed by atoms with Crippen LogP contribution < -0.4 is 5.32 Å². The molecule has 0 unspecified atom stereocenters. The van der Waals surface area contributed by atoms with Gasteiger partial charge in [-0.1, -0.05) is 12.1 Å². The van der Waals surface area contributed by atoms with E-state index in [-0.39, 0.29) is 18.2 Å². The minimum absolute atomic E-state index is 0. The van der Waals surface area contributed by atoms with Crippen molar-refractivity contribution >= 4 is 12.4 Å². The quantitative estimate of drug-likeness (QED) is 0.895. The summed E-state index contributed by atoms with van der Waals surface area (Å²) in [6.07, 6.45) is 4.10. The van der Waals surface area contributed by atoms with Crippen LogP contribution in [0.15, 0.2) is 24.3 Å². The first kappa shape index (κ1) is 13.8. The highest BCUT2D eigenvalue weighted by molar-refractivity contribution is 5.85. The predicted molar refractivity (Wildman–Crippen MR) is 86.3 cm³/mol. The maximum Gasteiger partial charge on any atom is 0.123 e. The van der Waals surface area contributed by atoms with Gasteiger partial charge in [-0.25, -0.2) is 4.39 Å². The molecule has 1 aromatic carbocycles. The molecule has 5 saturated carbocycles. The molecule has 1 nitrogen and oxygen atoms in total. The van der Waals surface area contributed by atoms with E-state index in [1.165, 1.54) is 6.07 Å². The Morgan fingerprint density at radius 2 is 1.73 bits per heavy atom. The summed E-state index contributed by atoms with van der Waals surface area (Å²) in [4.78, 5) is 0. The summed E-state index contributed by atoms with van der Waals surface area (Å²) in [6.45, 7) is 1.02. The van der Waals surface area contributed by atoms with Gasteiger partial charge < -0.3 is 5.32 Å². The number of rotatable bonds is 4. The smallest absolute Gasteiger partial charge is 0.123 e. The van der Waals surface area contributed by atoms with Gasteiger partial charge in [0.25, 0.3) is 0 Å². The van der Waals surface area contributed by atoms with Gasteiger partial charge in [-0.05, 0) is 90.8 Å². The zero-order chi connectivity index (χ0) is 13.7. The van der Waals surface area contributed by atoms with Gasteiger partial charge in [-0.15, -0.1) is 12.4 Å². The van der Waals surface area contributed by atoms with E-state index >= 15 is 0 Å². The van der Waals surface area contributed by atoms with Crippen molar-refractivity contribution in [1.82, 2.24) is 5.32 Å². The molecule has 22 heavy (non-hydrogen) atoms. The summed E-state index contributed by atoms with van der Waals surface area (Å²) in [6, 6.07) is 7.90. The van der Waals surface area contributed by atoms with Crippen molar-refractivity contribution in [3.8, 4) is 0 Å². The van der Waals surface area contributed by atoms with Crippen LogP contribution in [0, 0.1) is 53.2 Å². The minimum atomic E-state index is -0.104. The number of benzene rings is 1. The Balaban J connectivity index is 0.00000113. The van der Waals surface area contributed by atoms with Crippen LogP contribution in [-0.4, -0.2) is 12.6 Å². The molecule has 5 aliphatic rings. The summed E-state index contributed by atoms with van der Waals surface area (Å²) in [5, 5.41) is 3.90. The van der Waals surface area contributed by atoms with Crippen LogP contribution in [0.3, 0.4) is 0 Å². The minimum Gasteiger partial charge on any atom is -0.313 e. The van der Waals surface area contributed by atoms with Crippen LogP contribution >= 0.6 is 12.4 Å². The average molecular weight is 320 g/mol. The molecular weight excluding hydrogens is 297 g/mol. The largest absolute Gasteiger partial charge is 0.313 e.